The van der Waals surface area contributed by atoms with Gasteiger partial charge in [0.05, 0.1) is 6.85 Å². The number of ether oxygens (including phenoxy) is 1. The Morgan fingerprint density at radius 2 is 1.11 bits per heavy atom. The number of para-hydroxylation sites is 3. The number of anilines is 4. The van der Waals surface area contributed by atoms with Gasteiger partial charge in [-0.1, -0.05) is 207 Å². The molecule has 0 atom stereocenters. The Labute approximate surface area is 522 Å². The van der Waals surface area contributed by atoms with Gasteiger partial charge in [-0.3, -0.25) is 0 Å². The van der Waals surface area contributed by atoms with Crippen LogP contribution in [0.5, 0.6) is 11.5 Å². The molecule has 8 aromatic carbocycles. The van der Waals surface area contributed by atoms with Crippen LogP contribution in [0.3, 0.4) is 0 Å². The molecule has 0 saturated heterocycles. The minimum absolute atomic E-state index is 0. The van der Waals surface area contributed by atoms with Gasteiger partial charge in [-0.25, -0.2) is 4.98 Å². The van der Waals surface area contributed by atoms with E-state index < -0.39 is 0 Å². The zero-order chi connectivity index (χ0) is 63.1. The SMILES string of the molecule is [2H]c1cc(-c2cc(C(C)(C)C)cc(C(C)(C)C)c2)ccc1-c1cc(C(C)(C)C)cc(-c2ccc3c(c2)C(C)(C)CCC3(C)C)c1N1[CH-]N(c2[c-]c(Oc3[c-]c4c(cc3)c3c([2H])c([2H])c([2H])c([2H])c3n4-c3cc(C(C)(C)C)ccn3)ccc2)c2ccccc21.[Pt]. The summed E-state index contributed by atoms with van der Waals surface area (Å²) >= 11 is 0. The molecule has 432 valence electrons. The van der Waals surface area contributed by atoms with Crippen molar-refractivity contribution in [2.24, 2.45) is 0 Å². The van der Waals surface area contributed by atoms with Crippen molar-refractivity contribution in [3.05, 3.63) is 222 Å². The molecular formula is C78H81N4OPt-3. The molecule has 1 aliphatic heterocycles. The molecule has 0 radical (unpaired) electrons. The molecule has 12 rings (SSSR count). The Hall–Kier alpha value is -7.20. The van der Waals surface area contributed by atoms with Crippen LogP contribution in [0, 0.1) is 18.8 Å². The van der Waals surface area contributed by atoms with Gasteiger partial charge in [0.1, 0.15) is 5.82 Å². The Balaban J connectivity index is 0.00000817. The summed E-state index contributed by atoms with van der Waals surface area (Å²) in [5.74, 6) is 1.33. The van der Waals surface area contributed by atoms with Gasteiger partial charge in [-0.2, -0.15) is 12.1 Å². The standard InChI is InChI=1S/C78H81N4O.Pt/c1-73(2,3)54-36-39-79-71(46-54)82-67-25-18-17-24-61(67)62-34-33-60(48-70(62)82)83-59-23-21-22-58(47-59)80-49-81(69-27-20-19-26-68(69)80)72-63(51-30-28-50(29-31-51)53-40-55(74(4,5)6)43-56(41-53)75(7,8)9)44-57(76(10,11)12)45-64(72)52-32-35-65-66(42-52)78(15,16)38-37-77(65,13)14;/h17-36,39-46,49H,37-38H2,1-16H3;/q-3;/i17D,18D,24D,25D,30D;. The summed E-state index contributed by atoms with van der Waals surface area (Å²) in [4.78, 5) is 9.25. The first-order chi connectivity index (χ1) is 41.2. The van der Waals surface area contributed by atoms with Crippen LogP contribution in [0.4, 0.5) is 22.7 Å². The smallest absolute Gasteiger partial charge is 0.135 e. The number of hydrogen-bond donors (Lipinski definition) is 0. The Morgan fingerprint density at radius 3 is 1.77 bits per heavy atom. The fourth-order valence-corrected chi connectivity index (χ4v) is 12.1. The van der Waals surface area contributed by atoms with Crippen molar-refractivity contribution in [2.45, 2.75) is 156 Å². The van der Waals surface area contributed by atoms with Gasteiger partial charge < -0.3 is 19.1 Å². The molecule has 2 aliphatic rings. The van der Waals surface area contributed by atoms with E-state index in [-0.39, 0.29) is 77.7 Å². The molecule has 0 amide bonds. The van der Waals surface area contributed by atoms with Crippen molar-refractivity contribution in [1.82, 2.24) is 9.55 Å². The zero-order valence-electron chi connectivity index (χ0n) is 56.8. The molecule has 0 saturated carbocycles. The summed E-state index contributed by atoms with van der Waals surface area (Å²) in [6.07, 6.45) is 3.95. The third-order valence-electron chi connectivity index (χ3n) is 17.5. The molecular weight excluding hydrogens is 1200 g/mol. The second kappa shape index (κ2) is 21.1. The molecule has 84 heavy (non-hydrogen) atoms. The molecule has 0 fully saturated rings. The molecule has 5 nitrogen and oxygen atoms in total. The van der Waals surface area contributed by atoms with Gasteiger partial charge in [0.25, 0.3) is 0 Å². The Bertz CT molecular complexity index is 4440. The van der Waals surface area contributed by atoms with Gasteiger partial charge in [0.2, 0.25) is 0 Å². The average molecular weight is 1290 g/mol. The molecule has 0 N–H and O–H groups in total. The number of nitrogens with zero attached hydrogens (tertiary/aromatic N) is 4. The number of hydrogen-bond acceptors (Lipinski definition) is 4. The van der Waals surface area contributed by atoms with Crippen molar-refractivity contribution in [3.8, 4) is 50.7 Å². The van der Waals surface area contributed by atoms with E-state index in [2.05, 4.69) is 230 Å². The minimum Gasteiger partial charge on any atom is -0.509 e. The van der Waals surface area contributed by atoms with Crippen LogP contribution in [0.25, 0.3) is 61.0 Å². The van der Waals surface area contributed by atoms with Crippen molar-refractivity contribution in [1.29, 1.82) is 0 Å². The number of fused-ring (bicyclic) bond motifs is 5. The first-order valence-corrected chi connectivity index (χ1v) is 29.5. The number of aromatic nitrogens is 2. The van der Waals surface area contributed by atoms with E-state index in [0.717, 1.165) is 74.5 Å². The van der Waals surface area contributed by atoms with Crippen molar-refractivity contribution in [3.63, 3.8) is 0 Å². The van der Waals surface area contributed by atoms with Gasteiger partial charge >= 0.3 is 0 Å². The molecule has 0 spiro atoms. The maximum atomic E-state index is 10.2. The van der Waals surface area contributed by atoms with Crippen molar-refractivity contribution in [2.75, 3.05) is 9.80 Å². The Morgan fingerprint density at radius 1 is 0.512 bits per heavy atom. The van der Waals surface area contributed by atoms with Crippen LogP contribution in [0.15, 0.2) is 170 Å². The van der Waals surface area contributed by atoms with E-state index in [0.29, 0.717) is 45.2 Å². The maximum Gasteiger partial charge on any atom is 0.135 e. The predicted octanol–water partition coefficient (Wildman–Crippen LogP) is 21.5. The first kappa shape index (κ1) is 52.4. The van der Waals surface area contributed by atoms with E-state index >= 15 is 0 Å². The molecule has 10 aromatic rings. The molecule has 1 aliphatic carbocycles. The van der Waals surface area contributed by atoms with Crippen LogP contribution in [-0.4, -0.2) is 9.55 Å². The zero-order valence-corrected chi connectivity index (χ0v) is 54.1. The summed E-state index contributed by atoms with van der Waals surface area (Å²) in [6.45, 7) is 38.5. The topological polar surface area (TPSA) is 33.5 Å². The van der Waals surface area contributed by atoms with Gasteiger partial charge in [0.15, 0.2) is 0 Å². The fraction of sp³-hybridized carbons (Fsp3) is 0.308. The summed E-state index contributed by atoms with van der Waals surface area (Å²) in [6, 6.07) is 53.8. The van der Waals surface area contributed by atoms with Crippen LogP contribution >= 0.6 is 0 Å². The van der Waals surface area contributed by atoms with Crippen LogP contribution in [0.2, 0.25) is 0 Å². The van der Waals surface area contributed by atoms with Gasteiger partial charge in [0, 0.05) is 72.5 Å². The van der Waals surface area contributed by atoms with Gasteiger partial charge in [-0.05, 0) is 149 Å². The van der Waals surface area contributed by atoms with E-state index in [1.807, 2.05) is 36.4 Å². The summed E-state index contributed by atoms with van der Waals surface area (Å²) in [7, 11) is 0. The average Bonchev–Trinajstić information content (AvgIpc) is 1.66. The van der Waals surface area contributed by atoms with Crippen molar-refractivity contribution >= 4 is 44.6 Å². The third kappa shape index (κ3) is 10.8. The van der Waals surface area contributed by atoms with E-state index in [4.69, 9.17) is 13.8 Å². The Kier molecular flexibility index (Phi) is 13.1. The fourth-order valence-electron chi connectivity index (χ4n) is 12.1. The summed E-state index contributed by atoms with van der Waals surface area (Å²) in [5, 5.41) is 0.990. The first-order valence-electron chi connectivity index (χ1n) is 32.0. The second-order valence-corrected chi connectivity index (χ2v) is 28.6. The van der Waals surface area contributed by atoms with Crippen molar-refractivity contribution < 1.29 is 32.7 Å². The largest absolute Gasteiger partial charge is 0.509 e. The van der Waals surface area contributed by atoms with Crippen LogP contribution < -0.4 is 14.5 Å². The van der Waals surface area contributed by atoms with E-state index in [1.54, 1.807) is 16.8 Å². The molecule has 6 heteroatoms. The maximum absolute atomic E-state index is 10.2. The third-order valence-corrected chi connectivity index (χ3v) is 17.5. The number of pyridine rings is 1. The summed E-state index contributed by atoms with van der Waals surface area (Å²) < 4.78 is 54.3. The monoisotopic (exact) mass is 1290 g/mol. The summed E-state index contributed by atoms with van der Waals surface area (Å²) in [5.41, 5.74) is 17.5. The van der Waals surface area contributed by atoms with Crippen LogP contribution in [0.1, 0.15) is 164 Å². The predicted molar refractivity (Wildman–Crippen MR) is 351 cm³/mol. The van der Waals surface area contributed by atoms with E-state index in [1.165, 1.54) is 27.8 Å². The molecule has 2 aromatic heterocycles. The van der Waals surface area contributed by atoms with Gasteiger partial charge in [-0.15, -0.1) is 48.1 Å². The molecule has 0 bridgehead atoms. The minimum atomic E-state index is -0.320. The molecule has 0 unspecified atom stereocenters. The molecule has 3 heterocycles. The quantitative estimate of drug-likeness (QED) is 0.142. The number of benzene rings is 8. The second-order valence-electron chi connectivity index (χ2n) is 28.6. The van der Waals surface area contributed by atoms with E-state index in [9.17, 15) is 2.74 Å². The number of rotatable bonds is 8. The van der Waals surface area contributed by atoms with Crippen LogP contribution in [-0.2, 0) is 53.6 Å². The normalized spacial score (nSPS) is 15.9.